The molecule has 0 unspecified atom stereocenters. The van der Waals surface area contributed by atoms with Crippen LogP contribution in [0.25, 0.3) is 27.8 Å². The van der Waals surface area contributed by atoms with Crippen LogP contribution in [0.15, 0.2) is 24.3 Å². The molecule has 2 aromatic carbocycles. The van der Waals surface area contributed by atoms with Gasteiger partial charge in [-0.3, -0.25) is 0 Å². The highest BCUT2D eigenvalue weighted by Gasteiger charge is 2.21. The van der Waals surface area contributed by atoms with Gasteiger partial charge in [0.25, 0.3) is 11.8 Å². The van der Waals surface area contributed by atoms with E-state index in [1.54, 1.807) is 10.7 Å². The fourth-order valence-electron chi connectivity index (χ4n) is 3.15. The van der Waals surface area contributed by atoms with Crippen molar-refractivity contribution < 1.29 is 9.47 Å². The molecule has 2 aromatic heterocycles. The predicted octanol–water partition coefficient (Wildman–Crippen LogP) is 3.75. The van der Waals surface area contributed by atoms with Gasteiger partial charge in [-0.2, -0.15) is 0 Å². The van der Waals surface area contributed by atoms with Crippen LogP contribution in [-0.4, -0.2) is 58.2 Å². The van der Waals surface area contributed by atoms with Crippen LogP contribution in [0.3, 0.4) is 0 Å². The highest BCUT2D eigenvalue weighted by atomic mass is 35.5. The van der Waals surface area contributed by atoms with Crippen LogP contribution in [0.2, 0.25) is 10.0 Å². The highest BCUT2D eigenvalue weighted by Crippen LogP contribution is 2.37. The van der Waals surface area contributed by atoms with Crippen molar-refractivity contribution in [2.24, 2.45) is 0 Å². The number of hydrogen-bond donors (Lipinski definition) is 0. The molecule has 0 aliphatic carbocycles. The molecule has 0 spiro atoms. The summed E-state index contributed by atoms with van der Waals surface area (Å²) < 4.78 is 12.2. The molecule has 0 saturated heterocycles. The number of rotatable bonds is 5. The molecule has 0 fully saturated rings. The lowest BCUT2D eigenvalue weighted by Gasteiger charge is -2.13. The predicted molar refractivity (Wildman–Crippen MR) is 112 cm³/mol. The standard InChI is InChI=1S/C19H18Cl2N6O2/c1-26(2)9-10-5-6-14-12(7-10)24-25-27(14)17-15(21)11(20)8-13-16(17)23-19(29-4)18(22-13)28-3/h5-8H,9H2,1-4H3. The summed E-state index contributed by atoms with van der Waals surface area (Å²) >= 11 is 12.9. The zero-order valence-electron chi connectivity index (χ0n) is 16.3. The molecule has 29 heavy (non-hydrogen) atoms. The van der Waals surface area contributed by atoms with E-state index in [-0.39, 0.29) is 11.8 Å². The molecule has 2 heterocycles. The van der Waals surface area contributed by atoms with E-state index in [4.69, 9.17) is 32.7 Å². The van der Waals surface area contributed by atoms with Gasteiger partial charge in [-0.05, 0) is 37.9 Å². The quantitative estimate of drug-likeness (QED) is 0.474. The van der Waals surface area contributed by atoms with Crippen LogP contribution in [0.4, 0.5) is 0 Å². The smallest absolute Gasteiger partial charge is 0.278 e. The molecule has 0 saturated carbocycles. The van der Waals surface area contributed by atoms with Crippen molar-refractivity contribution in [2.45, 2.75) is 6.54 Å². The van der Waals surface area contributed by atoms with Gasteiger partial charge in [0.05, 0.1) is 35.3 Å². The average Bonchev–Trinajstić information content (AvgIpc) is 3.10. The first-order valence-corrected chi connectivity index (χ1v) is 9.45. The number of benzene rings is 2. The van der Waals surface area contributed by atoms with Gasteiger partial charge in [0.2, 0.25) is 0 Å². The maximum absolute atomic E-state index is 6.57. The van der Waals surface area contributed by atoms with Gasteiger partial charge in [0.1, 0.15) is 16.7 Å². The largest absolute Gasteiger partial charge is 0.477 e. The molecule has 10 heteroatoms. The molecule has 0 bridgehead atoms. The lowest BCUT2D eigenvalue weighted by atomic mass is 10.2. The van der Waals surface area contributed by atoms with Crippen molar-refractivity contribution in [3.63, 3.8) is 0 Å². The summed E-state index contributed by atoms with van der Waals surface area (Å²) in [7, 11) is 7.01. The highest BCUT2D eigenvalue weighted by molar-refractivity contribution is 6.44. The Bertz CT molecular complexity index is 1220. The van der Waals surface area contributed by atoms with Crippen molar-refractivity contribution in [3.05, 3.63) is 39.9 Å². The Hall–Kier alpha value is -2.68. The molecule has 4 aromatic rings. The second-order valence-electron chi connectivity index (χ2n) is 6.69. The lowest BCUT2D eigenvalue weighted by Crippen LogP contribution is -2.10. The maximum atomic E-state index is 6.57. The number of ether oxygens (including phenoxy) is 2. The number of hydrogen-bond acceptors (Lipinski definition) is 7. The fourth-order valence-corrected chi connectivity index (χ4v) is 3.57. The topological polar surface area (TPSA) is 78.2 Å². The molecule has 0 radical (unpaired) electrons. The number of aromatic nitrogens is 5. The number of halogens is 2. The van der Waals surface area contributed by atoms with Crippen molar-refractivity contribution in [2.75, 3.05) is 28.3 Å². The third kappa shape index (κ3) is 3.43. The van der Waals surface area contributed by atoms with Crippen molar-refractivity contribution in [1.82, 2.24) is 29.9 Å². The second-order valence-corrected chi connectivity index (χ2v) is 7.48. The molecule has 0 N–H and O–H groups in total. The van der Waals surface area contributed by atoms with Crippen LogP contribution in [0.1, 0.15) is 5.56 Å². The van der Waals surface area contributed by atoms with Gasteiger partial charge in [-0.1, -0.05) is 34.5 Å². The number of fused-ring (bicyclic) bond motifs is 2. The van der Waals surface area contributed by atoms with Crippen molar-refractivity contribution in [3.8, 4) is 17.4 Å². The van der Waals surface area contributed by atoms with Gasteiger partial charge >= 0.3 is 0 Å². The molecule has 0 aliphatic heterocycles. The van der Waals surface area contributed by atoms with Crippen LogP contribution in [0, 0.1) is 0 Å². The molecule has 150 valence electrons. The van der Waals surface area contributed by atoms with E-state index in [9.17, 15) is 0 Å². The van der Waals surface area contributed by atoms with E-state index in [1.807, 2.05) is 32.3 Å². The molecule has 0 amide bonds. The average molecular weight is 433 g/mol. The monoisotopic (exact) mass is 432 g/mol. The first kappa shape index (κ1) is 19.6. The Labute approximate surface area is 177 Å². The Kier molecular flexibility index (Phi) is 5.16. The maximum Gasteiger partial charge on any atom is 0.278 e. The minimum absolute atomic E-state index is 0.234. The fraction of sp³-hybridized carbons (Fsp3) is 0.263. The normalized spacial score (nSPS) is 11.6. The Balaban J connectivity index is 1.98. The minimum atomic E-state index is 0.234. The SMILES string of the molecule is COc1nc2cc(Cl)c(Cl)c(-n3nnc4cc(CN(C)C)ccc43)c2nc1OC. The summed E-state index contributed by atoms with van der Waals surface area (Å²) in [5, 5.41) is 9.23. The number of methoxy groups -OCH3 is 2. The summed E-state index contributed by atoms with van der Waals surface area (Å²) in [6.45, 7) is 0.798. The van der Waals surface area contributed by atoms with Gasteiger partial charge in [0, 0.05) is 6.54 Å². The van der Waals surface area contributed by atoms with Gasteiger partial charge in [-0.15, -0.1) is 5.10 Å². The van der Waals surface area contributed by atoms with Crippen LogP contribution < -0.4 is 9.47 Å². The van der Waals surface area contributed by atoms with Gasteiger partial charge in [-0.25, -0.2) is 14.6 Å². The van der Waals surface area contributed by atoms with E-state index in [0.29, 0.717) is 26.8 Å². The van der Waals surface area contributed by atoms with E-state index in [2.05, 4.69) is 25.2 Å². The van der Waals surface area contributed by atoms with E-state index < -0.39 is 0 Å². The Morgan fingerprint density at radius 2 is 1.72 bits per heavy atom. The first-order valence-electron chi connectivity index (χ1n) is 8.70. The molecular formula is C19H18Cl2N6O2. The Morgan fingerprint density at radius 1 is 1.00 bits per heavy atom. The van der Waals surface area contributed by atoms with Crippen molar-refractivity contribution in [1.29, 1.82) is 0 Å². The number of nitrogens with zero attached hydrogens (tertiary/aromatic N) is 6. The summed E-state index contributed by atoms with van der Waals surface area (Å²) in [5.74, 6) is 0.485. The van der Waals surface area contributed by atoms with Crippen LogP contribution in [-0.2, 0) is 6.54 Å². The third-order valence-electron chi connectivity index (χ3n) is 4.37. The summed E-state index contributed by atoms with van der Waals surface area (Å²) in [4.78, 5) is 11.1. The summed E-state index contributed by atoms with van der Waals surface area (Å²) in [6.07, 6.45) is 0. The molecule has 4 rings (SSSR count). The van der Waals surface area contributed by atoms with Crippen LogP contribution in [0.5, 0.6) is 11.8 Å². The molecule has 0 atom stereocenters. The third-order valence-corrected chi connectivity index (χ3v) is 5.15. The first-order chi connectivity index (χ1) is 13.9. The van der Waals surface area contributed by atoms with E-state index >= 15 is 0 Å². The summed E-state index contributed by atoms with van der Waals surface area (Å²) in [5.41, 5.74) is 4.09. The van der Waals surface area contributed by atoms with Crippen LogP contribution >= 0.6 is 23.2 Å². The lowest BCUT2D eigenvalue weighted by molar-refractivity contribution is 0.334. The minimum Gasteiger partial charge on any atom is -0.477 e. The van der Waals surface area contributed by atoms with Gasteiger partial charge in [0.15, 0.2) is 0 Å². The van der Waals surface area contributed by atoms with E-state index in [1.165, 1.54) is 14.2 Å². The second kappa shape index (κ2) is 7.62. The van der Waals surface area contributed by atoms with E-state index in [0.717, 1.165) is 23.1 Å². The zero-order valence-corrected chi connectivity index (χ0v) is 17.8. The zero-order chi connectivity index (χ0) is 20.7. The summed E-state index contributed by atoms with van der Waals surface area (Å²) in [6, 6.07) is 7.60. The molecule has 0 aliphatic rings. The van der Waals surface area contributed by atoms with Gasteiger partial charge < -0.3 is 14.4 Å². The van der Waals surface area contributed by atoms with Crippen molar-refractivity contribution >= 4 is 45.3 Å². The molecule has 8 nitrogen and oxygen atoms in total. The Morgan fingerprint density at radius 3 is 2.41 bits per heavy atom. The molecular weight excluding hydrogens is 415 g/mol.